The predicted molar refractivity (Wildman–Crippen MR) is 180 cm³/mol. The number of carbonyl (C=O) groups is 2. The summed E-state index contributed by atoms with van der Waals surface area (Å²) in [5, 5.41) is 25.4. The monoisotopic (exact) mass is 701 g/mol. The molecule has 3 aliphatic rings. The van der Waals surface area contributed by atoms with Gasteiger partial charge in [-0.25, -0.2) is 0 Å². The van der Waals surface area contributed by atoms with E-state index >= 15 is 0 Å². The highest BCUT2D eigenvalue weighted by Crippen LogP contribution is 2.45. The van der Waals surface area contributed by atoms with Gasteiger partial charge in [-0.3, -0.25) is 4.79 Å². The Labute approximate surface area is 292 Å². The third-order valence-corrected chi connectivity index (χ3v) is 10.9. The van der Waals surface area contributed by atoms with Gasteiger partial charge in [-0.1, -0.05) is 6.92 Å². The highest BCUT2D eigenvalue weighted by Gasteiger charge is 2.54. The molecule has 3 rings (SSSR count). The Morgan fingerprint density at radius 1 is 1.04 bits per heavy atom. The zero-order chi connectivity index (χ0) is 37.0. The molecule has 3 N–H and O–H groups in total. The summed E-state index contributed by atoms with van der Waals surface area (Å²) in [4.78, 5) is 25.7. The van der Waals surface area contributed by atoms with Crippen LogP contribution in [0.3, 0.4) is 0 Å². The molecule has 0 aromatic heterocycles. The number of likely N-dealkylation sites (N-methyl/N-ethyl adjacent to an activating group) is 1. The van der Waals surface area contributed by atoms with Crippen molar-refractivity contribution >= 4 is 12.3 Å². The van der Waals surface area contributed by atoms with E-state index in [1.54, 1.807) is 48.8 Å². The van der Waals surface area contributed by atoms with Gasteiger partial charge < -0.3 is 58.2 Å². The zero-order valence-electron chi connectivity index (χ0n) is 31.8. The summed E-state index contributed by atoms with van der Waals surface area (Å²) in [6.45, 7) is 18.3. The van der Waals surface area contributed by atoms with Gasteiger partial charge in [0.15, 0.2) is 12.6 Å². The number of aliphatic hydroxyl groups is 2. The van der Waals surface area contributed by atoms with Crippen molar-refractivity contribution in [3.8, 4) is 0 Å². The summed E-state index contributed by atoms with van der Waals surface area (Å²) >= 11 is 0. The van der Waals surface area contributed by atoms with Gasteiger partial charge in [0.1, 0.15) is 42.1 Å². The molecule has 3 aliphatic heterocycles. The lowest BCUT2D eigenvalue weighted by Gasteiger charge is -2.48. The van der Waals surface area contributed by atoms with E-state index in [-0.39, 0.29) is 24.7 Å². The summed E-state index contributed by atoms with van der Waals surface area (Å²) in [5.41, 5.74) is -1.12. The highest BCUT2D eigenvalue weighted by molar-refractivity contribution is 5.73. The molecule has 0 spiro atoms. The van der Waals surface area contributed by atoms with Gasteiger partial charge in [0.05, 0.1) is 41.9 Å². The van der Waals surface area contributed by atoms with Gasteiger partial charge in [0.25, 0.3) is 0 Å². The van der Waals surface area contributed by atoms with Crippen molar-refractivity contribution < 1.29 is 57.7 Å². The first kappa shape index (κ1) is 41.7. The molecule has 284 valence electrons. The fraction of sp³-hybridized carbons (Fsp3) is 0.889. The molecule has 3 heterocycles. The molecule has 13 nitrogen and oxygen atoms in total. The van der Waals surface area contributed by atoms with Gasteiger partial charge in [0.2, 0.25) is 0 Å². The van der Waals surface area contributed by atoms with E-state index in [0.29, 0.717) is 18.6 Å². The molecule has 0 aromatic carbocycles. The van der Waals surface area contributed by atoms with Gasteiger partial charge >= 0.3 is 5.97 Å². The van der Waals surface area contributed by atoms with Crippen molar-refractivity contribution in [1.29, 1.82) is 0 Å². The number of aliphatic hydroxyl groups excluding tert-OH is 2. The van der Waals surface area contributed by atoms with E-state index in [1.165, 1.54) is 7.11 Å². The largest absolute Gasteiger partial charge is 0.488 e. The molecule has 0 radical (unpaired) electrons. The lowest BCUT2D eigenvalue weighted by Crippen LogP contribution is -2.60. The number of allylic oxidation sites excluding steroid dienone is 1. The average Bonchev–Trinajstić information content (AvgIpc) is 3.38. The molecular formula is C36H63NO12. The van der Waals surface area contributed by atoms with Crippen LogP contribution in [-0.4, -0.2) is 122 Å². The fourth-order valence-corrected chi connectivity index (χ4v) is 7.46. The predicted octanol–water partition coefficient (Wildman–Crippen LogP) is 3.27. The van der Waals surface area contributed by atoms with E-state index < -0.39 is 84.1 Å². The van der Waals surface area contributed by atoms with E-state index in [0.717, 1.165) is 11.9 Å². The van der Waals surface area contributed by atoms with Crippen LogP contribution in [0.15, 0.2) is 11.3 Å². The van der Waals surface area contributed by atoms with Crippen LogP contribution < -0.4 is 5.32 Å². The number of carbonyl (C=O) groups excluding carboxylic acids is 2. The van der Waals surface area contributed by atoms with Crippen molar-refractivity contribution in [1.82, 2.24) is 5.32 Å². The number of aldehydes is 1. The maximum atomic E-state index is 13.8. The summed E-state index contributed by atoms with van der Waals surface area (Å²) in [5.74, 6) is -1.89. The first-order valence-electron chi connectivity index (χ1n) is 17.6. The Kier molecular flexibility index (Phi) is 14.7. The van der Waals surface area contributed by atoms with Crippen LogP contribution in [0.2, 0.25) is 0 Å². The normalized spacial score (nSPS) is 38.1. The second-order valence-corrected chi connectivity index (χ2v) is 14.9. The molecule has 0 aromatic rings. The van der Waals surface area contributed by atoms with E-state index in [2.05, 4.69) is 5.32 Å². The summed E-state index contributed by atoms with van der Waals surface area (Å²) in [6.07, 6.45) is -5.25. The van der Waals surface area contributed by atoms with Crippen LogP contribution in [0.5, 0.6) is 0 Å². The number of hydrogen-bond acceptors (Lipinski definition) is 13. The quantitative estimate of drug-likeness (QED) is 0.159. The van der Waals surface area contributed by atoms with Gasteiger partial charge in [0, 0.05) is 39.0 Å². The molecule has 49 heavy (non-hydrogen) atoms. The Hall–Kier alpha value is -1.68. The number of rotatable bonds is 16. The third kappa shape index (κ3) is 9.41. The van der Waals surface area contributed by atoms with Crippen LogP contribution in [0.25, 0.3) is 0 Å². The van der Waals surface area contributed by atoms with Gasteiger partial charge in [-0.05, 0) is 81.4 Å². The SMILES string of the molecule is CN[C@H]1C[C@@H](C)O[C@@H](O[C@H]([C@@H](C)[C@H](O[C@H]2C[C@@](C)(OC)[C@@H](O)[C@H](C)O2)[C@@H](C)C(=O)O[C@H](C)C(C)OC)C2(C)CC(C)=C([C@H](C)C=O)O2)[C@@H]1O. The van der Waals surface area contributed by atoms with Crippen molar-refractivity contribution in [2.45, 2.75) is 167 Å². The minimum Gasteiger partial charge on any atom is -0.488 e. The lowest BCUT2D eigenvalue weighted by atomic mass is 9.79. The molecule has 2 saturated heterocycles. The molecule has 16 atom stereocenters. The molecule has 2 fully saturated rings. The van der Waals surface area contributed by atoms with Crippen LogP contribution in [-0.2, 0) is 47.5 Å². The standard InChI is InChI=1S/C36H63NO12/c1-18-15-36(10,49-29(18)19(2)17-38)32(48-34-28(39)26(37-11)14-20(3)44-34)21(4)30(22(5)33(41)46-24(7)23(6)42-12)47-27-16-35(9,43-13)31(40)25(8)45-27/h17,19-28,30-32,34,37,39-40H,14-16H2,1-13H3/t19-,20-,21+,22-,23?,24-,25+,26+,27+,28-,30+,31+,32-,34+,35-,36?/m1/s1. The zero-order valence-corrected chi connectivity index (χ0v) is 31.8. The molecule has 0 bridgehead atoms. The first-order chi connectivity index (χ1) is 22.9. The number of ether oxygens (including phenoxy) is 8. The maximum Gasteiger partial charge on any atom is 0.311 e. The topological polar surface area (TPSA) is 160 Å². The van der Waals surface area contributed by atoms with Crippen LogP contribution in [0, 0.1) is 17.8 Å². The minimum atomic E-state index is -1.05. The summed E-state index contributed by atoms with van der Waals surface area (Å²) < 4.78 is 49.5. The van der Waals surface area contributed by atoms with Crippen molar-refractivity contribution in [2.24, 2.45) is 17.8 Å². The Bertz CT molecular complexity index is 1140. The van der Waals surface area contributed by atoms with Crippen LogP contribution in [0.4, 0.5) is 0 Å². The second-order valence-electron chi connectivity index (χ2n) is 14.9. The average molecular weight is 702 g/mol. The van der Waals surface area contributed by atoms with Crippen molar-refractivity contribution in [3.05, 3.63) is 11.3 Å². The number of nitrogens with one attached hydrogen (secondary N) is 1. The van der Waals surface area contributed by atoms with Crippen LogP contribution >= 0.6 is 0 Å². The van der Waals surface area contributed by atoms with E-state index in [9.17, 15) is 19.8 Å². The van der Waals surface area contributed by atoms with Crippen LogP contribution in [0.1, 0.15) is 88.5 Å². The molecule has 2 unspecified atom stereocenters. The molecule has 0 saturated carbocycles. The number of hydrogen-bond donors (Lipinski definition) is 3. The van der Waals surface area contributed by atoms with Crippen molar-refractivity contribution in [3.63, 3.8) is 0 Å². The fourth-order valence-electron chi connectivity index (χ4n) is 7.46. The molecule has 0 amide bonds. The van der Waals surface area contributed by atoms with Crippen molar-refractivity contribution in [2.75, 3.05) is 21.3 Å². The number of esters is 1. The maximum absolute atomic E-state index is 13.8. The Balaban J connectivity index is 2.08. The van der Waals surface area contributed by atoms with E-state index in [4.69, 9.17) is 37.9 Å². The summed E-state index contributed by atoms with van der Waals surface area (Å²) in [6, 6.07) is -0.284. The first-order valence-corrected chi connectivity index (χ1v) is 17.6. The van der Waals surface area contributed by atoms with Gasteiger partial charge in [-0.2, -0.15) is 0 Å². The third-order valence-electron chi connectivity index (χ3n) is 10.9. The van der Waals surface area contributed by atoms with Gasteiger partial charge in [-0.15, -0.1) is 0 Å². The molecule has 13 heteroatoms. The minimum absolute atomic E-state index is 0.184. The lowest BCUT2D eigenvalue weighted by molar-refractivity contribution is -0.314. The second kappa shape index (κ2) is 17.2. The molecule has 0 aliphatic carbocycles. The number of methoxy groups -OCH3 is 2. The Morgan fingerprint density at radius 3 is 2.27 bits per heavy atom. The summed E-state index contributed by atoms with van der Waals surface area (Å²) in [7, 11) is 4.86. The highest BCUT2D eigenvalue weighted by atomic mass is 16.7. The smallest absolute Gasteiger partial charge is 0.311 e. The molecular weight excluding hydrogens is 638 g/mol. The van der Waals surface area contributed by atoms with E-state index in [1.807, 2.05) is 34.6 Å². The Morgan fingerprint density at radius 2 is 1.69 bits per heavy atom.